The molecule has 0 radical (unpaired) electrons. The van der Waals surface area contributed by atoms with E-state index in [9.17, 15) is 4.79 Å². The van der Waals surface area contributed by atoms with E-state index in [1.807, 2.05) is 22.7 Å². The van der Waals surface area contributed by atoms with Crippen molar-refractivity contribution in [1.82, 2.24) is 5.32 Å². The number of nitrogens with one attached hydrogen (secondary N) is 1. The summed E-state index contributed by atoms with van der Waals surface area (Å²) < 4.78 is 26.9. The van der Waals surface area contributed by atoms with E-state index in [4.69, 9.17) is 18.6 Å². The second-order valence-corrected chi connectivity index (χ2v) is 22.0. The molecule has 8 rings (SSSR count). The number of rotatable bonds is 9. The van der Waals surface area contributed by atoms with Crippen LogP contribution in [0.3, 0.4) is 0 Å². The molecule has 4 aromatic carbocycles. The van der Waals surface area contributed by atoms with E-state index in [0.717, 1.165) is 43.5 Å². The molecule has 3 fully saturated rings. The van der Waals surface area contributed by atoms with Crippen LogP contribution in [0.5, 0.6) is 0 Å². The van der Waals surface area contributed by atoms with E-state index in [-0.39, 0.29) is 22.6 Å². The van der Waals surface area contributed by atoms with Crippen LogP contribution in [0, 0.1) is 5.92 Å². The largest absolute Gasteiger partial charge is 0.452 e. The maximum Gasteiger partial charge on any atom is 0.414 e. The van der Waals surface area contributed by atoms with Gasteiger partial charge in [-0.2, -0.15) is 0 Å². The highest BCUT2D eigenvalue weighted by Crippen LogP contribution is 2.68. The van der Waals surface area contributed by atoms with Crippen molar-refractivity contribution in [2.75, 3.05) is 32.3 Å². The minimum absolute atomic E-state index is 0.0828. The third-order valence-corrected chi connectivity index (χ3v) is 18.9. The number of hydrogen-bond acceptors (Lipinski definition) is 7. The smallest absolute Gasteiger partial charge is 0.414 e. The number of para-hydroxylation sites is 1. The van der Waals surface area contributed by atoms with Crippen molar-refractivity contribution in [3.05, 3.63) is 121 Å². The number of ether oxygens (including phenoxy) is 3. The molecule has 278 valence electrons. The van der Waals surface area contributed by atoms with Gasteiger partial charge in [0.1, 0.15) is 5.60 Å². The zero-order valence-corrected chi connectivity index (χ0v) is 33.4. The molecule has 0 bridgehead atoms. The minimum atomic E-state index is -2.85. The van der Waals surface area contributed by atoms with Gasteiger partial charge in [0.25, 0.3) is 8.32 Å². The van der Waals surface area contributed by atoms with Crippen molar-refractivity contribution in [3.63, 3.8) is 0 Å². The summed E-state index contributed by atoms with van der Waals surface area (Å²) in [4.78, 5) is 17.4. The number of hydrogen-bond donors (Lipinski definition) is 1. The first kappa shape index (κ1) is 36.5. The number of carbonyl (C=O) groups excluding carboxylic acids is 1. The van der Waals surface area contributed by atoms with E-state index >= 15 is 0 Å². The Bertz CT molecular complexity index is 1870. The summed E-state index contributed by atoms with van der Waals surface area (Å²) in [6, 6.07) is 40.5. The molecule has 2 saturated heterocycles. The molecule has 4 aromatic rings. The highest BCUT2D eigenvalue weighted by atomic mass is 32.2. The summed E-state index contributed by atoms with van der Waals surface area (Å²) in [5, 5.41) is 6.76. The summed E-state index contributed by atoms with van der Waals surface area (Å²) in [6.07, 6.45) is 3.23. The van der Waals surface area contributed by atoms with Crippen LogP contribution in [-0.4, -0.2) is 64.4 Å². The van der Waals surface area contributed by atoms with Gasteiger partial charge >= 0.3 is 6.09 Å². The molecule has 0 aromatic heterocycles. The van der Waals surface area contributed by atoms with Gasteiger partial charge in [-0.05, 0) is 59.3 Å². The number of thioether (sulfide) groups is 1. The van der Waals surface area contributed by atoms with Gasteiger partial charge in [-0.1, -0.05) is 118 Å². The monoisotopic (exact) mass is 748 g/mol. The maximum atomic E-state index is 14.2. The van der Waals surface area contributed by atoms with E-state index in [1.54, 1.807) is 7.11 Å². The first-order valence-corrected chi connectivity index (χ1v) is 21.8. The molecule has 1 amide bonds. The quantitative estimate of drug-likeness (QED) is 0.175. The molecule has 4 aliphatic rings. The predicted molar refractivity (Wildman–Crippen MR) is 215 cm³/mol. The Hall–Kier alpha value is -3.44. The first-order chi connectivity index (χ1) is 25.6. The third-order valence-electron chi connectivity index (χ3n) is 12.7. The highest BCUT2D eigenvalue weighted by Gasteiger charge is 2.76. The summed E-state index contributed by atoms with van der Waals surface area (Å²) >= 11 is 1.96. The lowest BCUT2D eigenvalue weighted by Gasteiger charge is -2.53. The Labute approximate surface area is 319 Å². The first-order valence-electron chi connectivity index (χ1n) is 19.0. The Morgan fingerprint density at radius 1 is 0.868 bits per heavy atom. The van der Waals surface area contributed by atoms with Crippen LogP contribution in [-0.2, 0) is 24.2 Å². The summed E-state index contributed by atoms with van der Waals surface area (Å²) in [5.74, 6) is -0.103. The molecule has 9 heteroatoms. The van der Waals surface area contributed by atoms with Gasteiger partial charge in [0.15, 0.2) is 6.29 Å². The average Bonchev–Trinajstić information content (AvgIpc) is 3.77. The number of benzene rings is 4. The second kappa shape index (κ2) is 14.0. The number of carbonyl (C=O) groups is 1. The van der Waals surface area contributed by atoms with Crippen LogP contribution >= 0.6 is 11.8 Å². The normalized spacial score (nSPS) is 29.2. The summed E-state index contributed by atoms with van der Waals surface area (Å²) in [7, 11) is 0.387. The zero-order chi connectivity index (χ0) is 36.9. The van der Waals surface area contributed by atoms with Crippen LogP contribution in [0.15, 0.2) is 120 Å². The van der Waals surface area contributed by atoms with Crippen molar-refractivity contribution >= 4 is 42.2 Å². The van der Waals surface area contributed by atoms with Crippen LogP contribution < -0.4 is 20.6 Å². The third kappa shape index (κ3) is 5.73. The average molecular weight is 749 g/mol. The Kier molecular flexibility index (Phi) is 9.65. The molecular weight excluding hydrogens is 697 g/mol. The SMILES string of the molecule is COC(=O)N1c2ccccc2[C@@]2(CCO[Si](c3ccccc3)(c3ccccc3)C(C)(C)C)O[C@@H](OC)[C@H]3C[C@@]4(CC[C@]312)CC(Sc1ccccc1)CN4. The van der Waals surface area contributed by atoms with Gasteiger partial charge < -0.3 is 24.0 Å². The number of methoxy groups -OCH3 is 2. The summed E-state index contributed by atoms with van der Waals surface area (Å²) in [5.41, 5.74) is 0.190. The number of amides is 1. The van der Waals surface area contributed by atoms with Gasteiger partial charge in [-0.15, -0.1) is 11.8 Å². The van der Waals surface area contributed by atoms with Gasteiger partial charge in [0, 0.05) is 53.8 Å². The number of fused-ring (bicyclic) bond motifs is 2. The van der Waals surface area contributed by atoms with E-state index in [1.165, 1.54) is 22.4 Å². The van der Waals surface area contributed by atoms with E-state index in [2.05, 4.69) is 135 Å². The zero-order valence-electron chi connectivity index (χ0n) is 31.5. The lowest BCUT2D eigenvalue weighted by atomic mass is 9.59. The molecule has 6 atom stereocenters. The van der Waals surface area contributed by atoms with Crippen LogP contribution in [0.25, 0.3) is 0 Å². The van der Waals surface area contributed by atoms with Crippen molar-refractivity contribution < 1.29 is 23.4 Å². The maximum absolute atomic E-state index is 14.2. The number of anilines is 1. The van der Waals surface area contributed by atoms with E-state index < -0.39 is 25.7 Å². The van der Waals surface area contributed by atoms with Gasteiger partial charge in [0.2, 0.25) is 0 Å². The second-order valence-electron chi connectivity index (χ2n) is 16.3. The highest BCUT2D eigenvalue weighted by molar-refractivity contribution is 8.00. The molecule has 1 unspecified atom stereocenters. The Morgan fingerprint density at radius 2 is 1.49 bits per heavy atom. The molecule has 2 spiro atoms. The molecule has 53 heavy (non-hydrogen) atoms. The summed E-state index contributed by atoms with van der Waals surface area (Å²) in [6.45, 7) is 8.32. The fraction of sp³-hybridized carbons (Fsp3) is 0.432. The van der Waals surface area contributed by atoms with Gasteiger partial charge in [0.05, 0.1) is 18.3 Å². The lowest BCUT2D eigenvalue weighted by molar-refractivity contribution is -0.175. The fourth-order valence-electron chi connectivity index (χ4n) is 10.6. The fourth-order valence-corrected chi connectivity index (χ4v) is 16.4. The topological polar surface area (TPSA) is 69.3 Å². The molecule has 1 aliphatic carbocycles. The van der Waals surface area contributed by atoms with E-state index in [0.29, 0.717) is 18.3 Å². The van der Waals surface area contributed by atoms with Crippen molar-refractivity contribution in [2.45, 2.75) is 91.0 Å². The molecule has 7 nitrogen and oxygen atoms in total. The van der Waals surface area contributed by atoms with Crippen molar-refractivity contribution in [2.24, 2.45) is 5.92 Å². The standard InChI is InChI=1S/C44H52N2O5SSi/c1-41(2,3)53(34-19-11-7-12-20-34,35-21-13-8-14-22-35)50-28-27-44-36-23-15-16-24-38(36)46(40(47)49-5)43(44)26-25-42(30-37(43)39(48-4)51-44)29-33(31-45-42)52-32-17-9-6-10-18-32/h6-24,33,37,39,45H,25-31H2,1-5H3/t33?,37-,39-,42-,43-,44-/m1/s1. The Morgan fingerprint density at radius 3 is 2.11 bits per heavy atom. The van der Waals surface area contributed by atoms with Crippen molar-refractivity contribution in [1.29, 1.82) is 0 Å². The van der Waals surface area contributed by atoms with Gasteiger partial charge in [-0.25, -0.2) is 4.79 Å². The molecule has 1 N–H and O–H groups in total. The minimum Gasteiger partial charge on any atom is -0.452 e. The van der Waals surface area contributed by atoms with Crippen LogP contribution in [0.2, 0.25) is 5.04 Å². The molecule has 3 heterocycles. The molecule has 3 aliphatic heterocycles. The number of nitrogens with zero attached hydrogens (tertiary/aromatic N) is 1. The van der Waals surface area contributed by atoms with Crippen molar-refractivity contribution in [3.8, 4) is 0 Å². The predicted octanol–water partition coefficient (Wildman–Crippen LogP) is 7.87. The Balaban J connectivity index is 1.19. The van der Waals surface area contributed by atoms with Gasteiger partial charge in [-0.3, -0.25) is 4.90 Å². The lowest BCUT2D eigenvalue weighted by Crippen LogP contribution is -2.68. The molecule has 1 saturated carbocycles. The van der Waals surface area contributed by atoms with Crippen LogP contribution in [0.4, 0.5) is 10.5 Å². The molecular formula is C44H52N2O5SSi. The van der Waals surface area contributed by atoms with Crippen LogP contribution in [0.1, 0.15) is 58.4 Å².